The van der Waals surface area contributed by atoms with Gasteiger partial charge in [-0.2, -0.15) is 0 Å². The summed E-state index contributed by atoms with van der Waals surface area (Å²) in [7, 11) is -3.05. The second kappa shape index (κ2) is 5.58. The van der Waals surface area contributed by atoms with Crippen molar-refractivity contribution >= 4 is 27.3 Å². The van der Waals surface area contributed by atoms with Gasteiger partial charge in [-0.15, -0.1) is 0 Å². The van der Waals surface area contributed by atoms with Crippen molar-refractivity contribution in [3.05, 3.63) is 29.3 Å². The van der Waals surface area contributed by atoms with Gasteiger partial charge < -0.3 is 10.2 Å². The maximum atomic E-state index is 12.9. The summed E-state index contributed by atoms with van der Waals surface area (Å²) in [5.41, 5.74) is 1.34. The van der Waals surface area contributed by atoms with E-state index in [4.69, 9.17) is 0 Å². The third kappa shape index (κ3) is 2.70. The predicted octanol–water partition coefficient (Wildman–Crippen LogP) is 1.57. The number of carbonyl (C=O) groups excluding carboxylic acids is 2. The Labute approximate surface area is 142 Å². The van der Waals surface area contributed by atoms with Crippen LogP contribution < -0.4 is 5.32 Å². The topological polar surface area (TPSA) is 83.6 Å². The quantitative estimate of drug-likeness (QED) is 0.897. The van der Waals surface area contributed by atoms with Crippen LogP contribution in [0.4, 0.5) is 5.69 Å². The molecule has 0 aromatic heterocycles. The first-order valence-corrected chi connectivity index (χ1v) is 9.95. The Morgan fingerprint density at radius 1 is 1.38 bits per heavy atom. The van der Waals surface area contributed by atoms with Crippen molar-refractivity contribution < 1.29 is 18.0 Å². The molecule has 2 heterocycles. The molecule has 0 aliphatic carbocycles. The molecule has 0 saturated carbocycles. The van der Waals surface area contributed by atoms with E-state index in [0.717, 1.165) is 11.3 Å². The lowest BCUT2D eigenvalue weighted by atomic mass is 9.85. The van der Waals surface area contributed by atoms with Gasteiger partial charge in [0, 0.05) is 23.8 Å². The molecule has 0 spiro atoms. The van der Waals surface area contributed by atoms with Crippen molar-refractivity contribution in [2.75, 3.05) is 23.4 Å². The number of rotatable bonds is 3. The van der Waals surface area contributed by atoms with Crippen LogP contribution in [-0.2, 0) is 20.0 Å². The first-order chi connectivity index (χ1) is 11.2. The van der Waals surface area contributed by atoms with E-state index in [1.54, 1.807) is 23.1 Å². The third-order valence-electron chi connectivity index (χ3n) is 5.01. The van der Waals surface area contributed by atoms with Crippen molar-refractivity contribution in [1.29, 1.82) is 0 Å². The Hall–Kier alpha value is -1.89. The number of sulfone groups is 1. The van der Waals surface area contributed by atoms with Crippen LogP contribution in [0.1, 0.15) is 43.1 Å². The van der Waals surface area contributed by atoms with Crippen LogP contribution in [0.3, 0.4) is 0 Å². The smallest absolute Gasteiger partial charge is 0.254 e. The zero-order chi connectivity index (χ0) is 17.7. The number of hydrogen-bond acceptors (Lipinski definition) is 4. The molecule has 0 radical (unpaired) electrons. The Morgan fingerprint density at radius 2 is 2.08 bits per heavy atom. The lowest BCUT2D eigenvalue weighted by molar-refractivity contribution is -0.119. The number of nitrogens with one attached hydrogen (secondary N) is 1. The lowest BCUT2D eigenvalue weighted by Crippen LogP contribution is -2.41. The van der Waals surface area contributed by atoms with Gasteiger partial charge in [0.1, 0.15) is 0 Å². The summed E-state index contributed by atoms with van der Waals surface area (Å²) < 4.78 is 23.4. The number of anilines is 1. The van der Waals surface area contributed by atoms with E-state index in [2.05, 4.69) is 5.32 Å². The molecule has 1 fully saturated rings. The second-order valence-corrected chi connectivity index (χ2v) is 9.22. The fourth-order valence-electron chi connectivity index (χ4n) is 3.46. The fourth-order valence-corrected chi connectivity index (χ4v) is 5.19. The molecule has 1 aromatic carbocycles. The average molecular weight is 350 g/mol. The molecule has 2 amide bonds. The van der Waals surface area contributed by atoms with Crippen molar-refractivity contribution in [3.8, 4) is 0 Å². The van der Waals surface area contributed by atoms with E-state index in [9.17, 15) is 18.0 Å². The van der Waals surface area contributed by atoms with Gasteiger partial charge in [0.15, 0.2) is 9.84 Å². The largest absolute Gasteiger partial charge is 0.335 e. The van der Waals surface area contributed by atoms with Crippen LogP contribution in [0.5, 0.6) is 0 Å². The van der Waals surface area contributed by atoms with Gasteiger partial charge in [0.05, 0.1) is 16.9 Å². The average Bonchev–Trinajstić information content (AvgIpc) is 2.97. The second-order valence-electron chi connectivity index (χ2n) is 6.99. The lowest BCUT2D eigenvalue weighted by Gasteiger charge is -2.27. The van der Waals surface area contributed by atoms with Gasteiger partial charge in [0.25, 0.3) is 5.91 Å². The van der Waals surface area contributed by atoms with Crippen LogP contribution in [0.15, 0.2) is 18.2 Å². The van der Waals surface area contributed by atoms with E-state index in [-0.39, 0.29) is 29.4 Å². The minimum absolute atomic E-state index is 0.0308. The highest BCUT2D eigenvalue weighted by molar-refractivity contribution is 7.91. The highest BCUT2D eigenvalue weighted by atomic mass is 32.2. The van der Waals surface area contributed by atoms with Crippen LogP contribution in [0.25, 0.3) is 0 Å². The third-order valence-corrected chi connectivity index (χ3v) is 6.76. The van der Waals surface area contributed by atoms with E-state index in [1.165, 1.54) is 0 Å². The standard InChI is InChI=1S/C17H22N2O4S/c1-4-19(12-7-8-24(22,23)10-12)15(20)11-5-6-14-13(9-11)17(2,3)16(21)18-14/h5-6,9,12H,4,7-8,10H2,1-3H3,(H,18,21). The minimum atomic E-state index is -3.05. The van der Waals surface area contributed by atoms with Crippen molar-refractivity contribution in [3.63, 3.8) is 0 Å². The van der Waals surface area contributed by atoms with Gasteiger partial charge in [-0.05, 0) is 51.0 Å². The van der Waals surface area contributed by atoms with Gasteiger partial charge >= 0.3 is 0 Å². The van der Waals surface area contributed by atoms with Crippen molar-refractivity contribution in [2.24, 2.45) is 0 Å². The van der Waals surface area contributed by atoms with Crippen LogP contribution in [-0.4, -0.2) is 49.2 Å². The Balaban J connectivity index is 1.91. The van der Waals surface area contributed by atoms with Crippen LogP contribution in [0, 0.1) is 0 Å². The maximum Gasteiger partial charge on any atom is 0.254 e. The summed E-state index contributed by atoms with van der Waals surface area (Å²) in [6.45, 7) is 5.95. The predicted molar refractivity (Wildman–Crippen MR) is 91.9 cm³/mol. The van der Waals surface area contributed by atoms with E-state index < -0.39 is 15.3 Å². The monoisotopic (exact) mass is 350 g/mol. The molecule has 6 nitrogen and oxygen atoms in total. The summed E-state index contributed by atoms with van der Waals surface area (Å²) in [5.74, 6) is -0.103. The van der Waals surface area contributed by atoms with E-state index in [0.29, 0.717) is 18.5 Å². The number of amides is 2. The number of carbonyl (C=O) groups is 2. The molecule has 1 unspecified atom stereocenters. The minimum Gasteiger partial charge on any atom is -0.335 e. The highest BCUT2D eigenvalue weighted by Crippen LogP contribution is 2.38. The Bertz CT molecular complexity index is 814. The molecular formula is C17H22N2O4S. The molecule has 0 bridgehead atoms. The van der Waals surface area contributed by atoms with E-state index in [1.807, 2.05) is 20.8 Å². The molecule has 2 aliphatic rings. The Kier molecular flexibility index (Phi) is 3.94. The molecular weight excluding hydrogens is 328 g/mol. The first-order valence-electron chi connectivity index (χ1n) is 8.13. The summed E-state index contributed by atoms with van der Waals surface area (Å²) in [6, 6.07) is 4.92. The zero-order valence-corrected chi connectivity index (χ0v) is 14.9. The maximum absolute atomic E-state index is 12.9. The fraction of sp³-hybridized carbons (Fsp3) is 0.529. The van der Waals surface area contributed by atoms with E-state index >= 15 is 0 Å². The van der Waals surface area contributed by atoms with Gasteiger partial charge in [-0.1, -0.05) is 0 Å². The molecule has 1 aromatic rings. The van der Waals surface area contributed by atoms with Gasteiger partial charge in [-0.25, -0.2) is 8.42 Å². The van der Waals surface area contributed by atoms with Crippen LogP contribution in [0.2, 0.25) is 0 Å². The summed E-state index contributed by atoms with van der Waals surface area (Å²) in [4.78, 5) is 26.6. The van der Waals surface area contributed by atoms with Gasteiger partial charge in [-0.3, -0.25) is 9.59 Å². The molecule has 1 atom stereocenters. The van der Waals surface area contributed by atoms with Crippen molar-refractivity contribution in [2.45, 2.75) is 38.6 Å². The molecule has 2 aliphatic heterocycles. The highest BCUT2D eigenvalue weighted by Gasteiger charge is 2.39. The molecule has 130 valence electrons. The summed E-state index contributed by atoms with van der Waals surface area (Å²) >= 11 is 0. The molecule has 3 rings (SSSR count). The van der Waals surface area contributed by atoms with Crippen molar-refractivity contribution in [1.82, 2.24) is 4.90 Å². The Morgan fingerprint density at radius 3 is 2.67 bits per heavy atom. The zero-order valence-electron chi connectivity index (χ0n) is 14.1. The molecule has 24 heavy (non-hydrogen) atoms. The van der Waals surface area contributed by atoms with Gasteiger partial charge in [0.2, 0.25) is 5.91 Å². The SMILES string of the molecule is CCN(C(=O)c1ccc2c(c1)C(C)(C)C(=O)N2)C1CCS(=O)(=O)C1. The normalized spacial score (nSPS) is 23.6. The summed E-state index contributed by atoms with van der Waals surface area (Å²) in [6.07, 6.45) is 0.485. The molecule has 1 N–H and O–H groups in total. The molecule has 1 saturated heterocycles. The first kappa shape index (κ1) is 17.0. The number of benzene rings is 1. The number of fused-ring (bicyclic) bond motifs is 1. The summed E-state index contributed by atoms with van der Waals surface area (Å²) in [5, 5.41) is 2.82. The molecule has 7 heteroatoms. The number of hydrogen-bond donors (Lipinski definition) is 1. The number of nitrogens with zero attached hydrogens (tertiary/aromatic N) is 1. The van der Waals surface area contributed by atoms with Crippen LogP contribution >= 0.6 is 0 Å².